The standard InChI is InChI=1S/C21H22ClF3N2O2S/c1-20(2,3)11-18(28)26-14-5-4-6-15(10-14)30-12-19(29)27-17-9-13(21(23,24)25)7-8-16(17)22/h4-10H,11-12H2,1-3H3,(H,26,28)(H,27,29). The summed E-state index contributed by atoms with van der Waals surface area (Å²) in [5.41, 5.74) is -0.524. The first-order valence-electron chi connectivity index (χ1n) is 9.03. The van der Waals surface area contributed by atoms with Crippen molar-refractivity contribution in [3.05, 3.63) is 53.1 Å². The second-order valence-electron chi connectivity index (χ2n) is 7.84. The highest BCUT2D eigenvalue weighted by atomic mass is 35.5. The van der Waals surface area contributed by atoms with Crippen LogP contribution in [0.25, 0.3) is 0 Å². The van der Waals surface area contributed by atoms with E-state index in [0.717, 1.165) is 23.1 Å². The van der Waals surface area contributed by atoms with Gasteiger partial charge in [-0.2, -0.15) is 13.2 Å². The summed E-state index contributed by atoms with van der Waals surface area (Å²) in [6.07, 6.45) is -4.17. The van der Waals surface area contributed by atoms with Crippen LogP contribution >= 0.6 is 23.4 Å². The zero-order valence-electron chi connectivity index (χ0n) is 16.7. The molecule has 2 N–H and O–H groups in total. The Kier molecular flexibility index (Phi) is 7.82. The van der Waals surface area contributed by atoms with Crippen molar-refractivity contribution in [3.63, 3.8) is 0 Å². The van der Waals surface area contributed by atoms with Gasteiger partial charge in [0, 0.05) is 17.0 Å². The van der Waals surface area contributed by atoms with E-state index < -0.39 is 17.6 Å². The molecular weight excluding hydrogens is 437 g/mol. The molecule has 9 heteroatoms. The van der Waals surface area contributed by atoms with Crippen LogP contribution in [0, 0.1) is 5.41 Å². The summed E-state index contributed by atoms with van der Waals surface area (Å²) in [5, 5.41) is 5.24. The molecule has 2 rings (SSSR count). The molecule has 0 atom stereocenters. The molecule has 2 aromatic rings. The first kappa shape index (κ1) is 24.1. The maximum absolute atomic E-state index is 12.8. The molecule has 0 saturated carbocycles. The summed E-state index contributed by atoms with van der Waals surface area (Å²) in [5.74, 6) is -0.642. The minimum Gasteiger partial charge on any atom is -0.326 e. The van der Waals surface area contributed by atoms with Crippen LogP contribution in [0.2, 0.25) is 5.02 Å². The van der Waals surface area contributed by atoms with Gasteiger partial charge in [-0.1, -0.05) is 38.4 Å². The first-order valence-corrected chi connectivity index (χ1v) is 10.4. The van der Waals surface area contributed by atoms with Gasteiger partial charge in [-0.25, -0.2) is 0 Å². The second-order valence-corrected chi connectivity index (χ2v) is 9.30. The number of rotatable bonds is 6. The van der Waals surface area contributed by atoms with E-state index in [1.807, 2.05) is 20.8 Å². The van der Waals surface area contributed by atoms with Crippen LogP contribution in [-0.4, -0.2) is 17.6 Å². The zero-order chi connectivity index (χ0) is 22.5. The molecule has 2 aromatic carbocycles. The van der Waals surface area contributed by atoms with Crippen LogP contribution in [0.5, 0.6) is 0 Å². The van der Waals surface area contributed by atoms with Gasteiger partial charge in [0.05, 0.1) is 22.0 Å². The lowest BCUT2D eigenvalue weighted by Crippen LogP contribution is -2.19. The summed E-state index contributed by atoms with van der Waals surface area (Å²) in [6, 6.07) is 9.74. The van der Waals surface area contributed by atoms with Gasteiger partial charge in [-0.05, 0) is 41.8 Å². The summed E-state index contributed by atoms with van der Waals surface area (Å²) in [4.78, 5) is 25.0. The van der Waals surface area contributed by atoms with Crippen LogP contribution < -0.4 is 10.6 Å². The van der Waals surface area contributed by atoms with E-state index in [1.54, 1.807) is 24.3 Å². The van der Waals surface area contributed by atoms with Gasteiger partial charge >= 0.3 is 6.18 Å². The van der Waals surface area contributed by atoms with Crippen molar-refractivity contribution in [1.82, 2.24) is 0 Å². The molecule has 0 unspecified atom stereocenters. The van der Waals surface area contributed by atoms with Crippen LogP contribution in [0.15, 0.2) is 47.4 Å². The summed E-state index contributed by atoms with van der Waals surface area (Å²) >= 11 is 7.08. The monoisotopic (exact) mass is 458 g/mol. The van der Waals surface area contributed by atoms with Crippen LogP contribution in [0.3, 0.4) is 0 Å². The molecule has 0 spiro atoms. The Labute approximate surface area is 182 Å². The summed E-state index contributed by atoms with van der Waals surface area (Å²) in [6.45, 7) is 5.90. The first-order chi connectivity index (χ1) is 13.8. The van der Waals surface area contributed by atoms with Crippen molar-refractivity contribution in [2.24, 2.45) is 5.41 Å². The van der Waals surface area contributed by atoms with E-state index in [1.165, 1.54) is 11.8 Å². The minimum atomic E-state index is -4.53. The number of benzene rings is 2. The number of hydrogen-bond acceptors (Lipinski definition) is 3. The minimum absolute atomic E-state index is 0.0184. The molecule has 0 saturated heterocycles. The predicted molar refractivity (Wildman–Crippen MR) is 115 cm³/mol. The summed E-state index contributed by atoms with van der Waals surface area (Å²) in [7, 11) is 0. The molecule has 0 bridgehead atoms. The second kappa shape index (κ2) is 9.75. The number of amides is 2. The lowest BCUT2D eigenvalue weighted by molar-refractivity contribution is -0.137. The molecular formula is C21H22ClF3N2O2S. The van der Waals surface area contributed by atoms with Crippen molar-refractivity contribution in [1.29, 1.82) is 0 Å². The van der Waals surface area contributed by atoms with E-state index in [2.05, 4.69) is 10.6 Å². The quantitative estimate of drug-likeness (QED) is 0.488. The maximum atomic E-state index is 12.8. The molecule has 0 aliphatic heterocycles. The highest BCUT2D eigenvalue weighted by molar-refractivity contribution is 8.00. The molecule has 4 nitrogen and oxygen atoms in total. The highest BCUT2D eigenvalue weighted by Crippen LogP contribution is 2.34. The number of carbonyl (C=O) groups excluding carboxylic acids is 2. The van der Waals surface area contributed by atoms with E-state index >= 15 is 0 Å². The number of carbonyl (C=O) groups is 2. The third kappa shape index (κ3) is 7.91. The molecule has 0 fully saturated rings. The molecule has 2 amide bonds. The van der Waals surface area contributed by atoms with E-state index in [4.69, 9.17) is 11.6 Å². The third-order valence-corrected chi connectivity index (χ3v) is 5.07. The predicted octanol–water partition coefficient (Wildman–Crippen LogP) is 6.46. The highest BCUT2D eigenvalue weighted by Gasteiger charge is 2.31. The van der Waals surface area contributed by atoms with Crippen molar-refractivity contribution in [2.45, 2.75) is 38.3 Å². The summed E-state index contributed by atoms with van der Waals surface area (Å²) < 4.78 is 38.5. The molecule has 0 aliphatic carbocycles. The Hall–Kier alpha value is -2.19. The van der Waals surface area contributed by atoms with Gasteiger partial charge < -0.3 is 10.6 Å². The lowest BCUT2D eigenvalue weighted by atomic mass is 9.92. The number of alkyl halides is 3. The molecule has 30 heavy (non-hydrogen) atoms. The Morgan fingerprint density at radius 1 is 1.00 bits per heavy atom. The number of hydrogen-bond donors (Lipinski definition) is 2. The Bertz CT molecular complexity index is 927. The Balaban J connectivity index is 1.96. The average molecular weight is 459 g/mol. The largest absolute Gasteiger partial charge is 0.416 e. The van der Waals surface area contributed by atoms with Gasteiger partial charge in [0.15, 0.2) is 0 Å². The van der Waals surface area contributed by atoms with E-state index in [0.29, 0.717) is 12.1 Å². The molecule has 0 aromatic heterocycles. The van der Waals surface area contributed by atoms with Crippen LogP contribution in [0.1, 0.15) is 32.8 Å². The molecule has 0 heterocycles. The smallest absolute Gasteiger partial charge is 0.326 e. The van der Waals surface area contributed by atoms with Gasteiger partial charge in [0.25, 0.3) is 0 Å². The van der Waals surface area contributed by atoms with Gasteiger partial charge in [0.1, 0.15) is 0 Å². The van der Waals surface area contributed by atoms with E-state index in [-0.39, 0.29) is 27.8 Å². The van der Waals surface area contributed by atoms with Gasteiger partial charge in [0.2, 0.25) is 11.8 Å². The van der Waals surface area contributed by atoms with Gasteiger partial charge in [-0.15, -0.1) is 11.8 Å². The fourth-order valence-electron chi connectivity index (χ4n) is 2.48. The van der Waals surface area contributed by atoms with Crippen LogP contribution in [-0.2, 0) is 15.8 Å². The fourth-order valence-corrected chi connectivity index (χ4v) is 3.40. The number of halogens is 4. The zero-order valence-corrected chi connectivity index (χ0v) is 18.3. The lowest BCUT2D eigenvalue weighted by Gasteiger charge is -2.17. The number of thioether (sulfide) groups is 1. The average Bonchev–Trinajstić information content (AvgIpc) is 2.59. The molecule has 0 radical (unpaired) electrons. The number of anilines is 2. The SMILES string of the molecule is CC(C)(C)CC(=O)Nc1cccc(SCC(=O)Nc2cc(C(F)(F)F)ccc2Cl)c1. The molecule has 0 aliphatic rings. The van der Waals surface area contributed by atoms with Gasteiger partial charge in [-0.3, -0.25) is 9.59 Å². The number of nitrogens with one attached hydrogen (secondary N) is 2. The van der Waals surface area contributed by atoms with Crippen LogP contribution in [0.4, 0.5) is 24.5 Å². The Morgan fingerprint density at radius 2 is 1.70 bits per heavy atom. The van der Waals surface area contributed by atoms with Crippen molar-refractivity contribution in [3.8, 4) is 0 Å². The third-order valence-electron chi connectivity index (χ3n) is 3.75. The fraction of sp³-hybridized carbons (Fsp3) is 0.333. The van der Waals surface area contributed by atoms with Crippen molar-refractivity contribution >= 4 is 46.6 Å². The normalized spacial score (nSPS) is 11.8. The molecule has 162 valence electrons. The van der Waals surface area contributed by atoms with Crippen molar-refractivity contribution < 1.29 is 22.8 Å². The van der Waals surface area contributed by atoms with Crippen molar-refractivity contribution in [2.75, 3.05) is 16.4 Å². The Morgan fingerprint density at radius 3 is 2.33 bits per heavy atom. The maximum Gasteiger partial charge on any atom is 0.416 e. The van der Waals surface area contributed by atoms with E-state index in [9.17, 15) is 22.8 Å². The topological polar surface area (TPSA) is 58.2 Å².